The lowest BCUT2D eigenvalue weighted by molar-refractivity contribution is -0.124. The van der Waals surface area contributed by atoms with Crippen molar-refractivity contribution in [1.82, 2.24) is 5.32 Å². The first-order chi connectivity index (χ1) is 11.7. The lowest BCUT2D eigenvalue weighted by Crippen LogP contribution is -2.49. The molecule has 2 rings (SSSR count). The van der Waals surface area contributed by atoms with E-state index in [0.29, 0.717) is 23.5 Å². The Balaban J connectivity index is 2.13. The summed E-state index contributed by atoms with van der Waals surface area (Å²) in [6.07, 6.45) is -0.457. The number of benzene rings is 1. The van der Waals surface area contributed by atoms with E-state index in [-0.39, 0.29) is 17.3 Å². The minimum atomic E-state index is -1.03. The summed E-state index contributed by atoms with van der Waals surface area (Å²) < 4.78 is 0. The zero-order valence-electron chi connectivity index (χ0n) is 15.3. The van der Waals surface area contributed by atoms with E-state index in [1.54, 1.807) is 0 Å². The standard InChI is InChI=1S/C20H28N2O3/c1-11(2)10-14(21)20(25)22-17(12(3)4)19(24)16-15(18(16)23)13-8-6-5-7-9-13/h5-9,11-12,14,17,19,24H,10,21H2,1-4H3,(H,22,25)/t14-,17-,19+/m0/s1. The average Bonchev–Trinajstić information content (AvgIpc) is 3.22. The van der Waals surface area contributed by atoms with Gasteiger partial charge in [0.25, 0.3) is 0 Å². The fraction of sp³-hybridized carbons (Fsp3) is 0.500. The molecule has 0 saturated carbocycles. The van der Waals surface area contributed by atoms with Crippen LogP contribution in [0.2, 0.25) is 0 Å². The molecule has 0 aliphatic rings. The Kier molecular flexibility index (Phi) is 6.14. The van der Waals surface area contributed by atoms with Gasteiger partial charge >= 0.3 is 0 Å². The molecule has 1 amide bonds. The molecule has 25 heavy (non-hydrogen) atoms. The maximum atomic E-state index is 12.3. The van der Waals surface area contributed by atoms with Gasteiger partial charge in [-0.1, -0.05) is 58.0 Å². The number of aliphatic hydroxyl groups excluding tert-OH is 1. The van der Waals surface area contributed by atoms with Crippen molar-refractivity contribution in [1.29, 1.82) is 0 Å². The van der Waals surface area contributed by atoms with E-state index in [0.717, 1.165) is 5.56 Å². The van der Waals surface area contributed by atoms with Crippen LogP contribution >= 0.6 is 0 Å². The number of carbonyl (C=O) groups is 1. The van der Waals surface area contributed by atoms with Crippen LogP contribution in [0.25, 0.3) is 11.1 Å². The third-order valence-electron chi connectivity index (χ3n) is 4.47. The molecule has 0 heterocycles. The largest absolute Gasteiger partial charge is 0.386 e. The highest BCUT2D eigenvalue weighted by molar-refractivity contribution is 5.82. The van der Waals surface area contributed by atoms with Crippen molar-refractivity contribution in [3.05, 3.63) is 46.1 Å². The Morgan fingerprint density at radius 1 is 1.16 bits per heavy atom. The summed E-state index contributed by atoms with van der Waals surface area (Å²) >= 11 is 0. The van der Waals surface area contributed by atoms with Crippen molar-refractivity contribution in [3.63, 3.8) is 0 Å². The molecule has 2 aromatic carbocycles. The van der Waals surface area contributed by atoms with Crippen LogP contribution in [0, 0.1) is 11.8 Å². The fourth-order valence-electron chi connectivity index (χ4n) is 3.03. The van der Waals surface area contributed by atoms with Crippen LogP contribution in [0.4, 0.5) is 0 Å². The van der Waals surface area contributed by atoms with Gasteiger partial charge < -0.3 is 16.2 Å². The molecule has 0 unspecified atom stereocenters. The summed E-state index contributed by atoms with van der Waals surface area (Å²) in [5.74, 6) is -0.0230. The molecule has 3 atom stereocenters. The van der Waals surface area contributed by atoms with Crippen molar-refractivity contribution in [3.8, 4) is 11.1 Å². The molecule has 0 fully saturated rings. The van der Waals surface area contributed by atoms with Gasteiger partial charge in [-0.15, -0.1) is 0 Å². The van der Waals surface area contributed by atoms with Crippen molar-refractivity contribution >= 4 is 5.91 Å². The maximum absolute atomic E-state index is 12.3. The van der Waals surface area contributed by atoms with E-state index >= 15 is 0 Å². The van der Waals surface area contributed by atoms with Gasteiger partial charge in [-0.2, -0.15) is 0 Å². The lowest BCUT2D eigenvalue weighted by Gasteiger charge is -2.27. The molecule has 4 N–H and O–H groups in total. The Morgan fingerprint density at radius 2 is 1.76 bits per heavy atom. The van der Waals surface area contributed by atoms with E-state index in [4.69, 9.17) is 5.73 Å². The van der Waals surface area contributed by atoms with Gasteiger partial charge in [0, 0.05) is 11.1 Å². The number of amides is 1. The average molecular weight is 344 g/mol. The molecule has 0 bridgehead atoms. The van der Waals surface area contributed by atoms with Crippen LogP contribution in [0.3, 0.4) is 0 Å². The molecule has 0 aliphatic carbocycles. The van der Waals surface area contributed by atoms with Crippen LogP contribution in [-0.4, -0.2) is 23.1 Å². The summed E-state index contributed by atoms with van der Waals surface area (Å²) in [5.41, 5.74) is 7.54. The first kappa shape index (κ1) is 19.3. The van der Waals surface area contributed by atoms with Crippen molar-refractivity contribution in [2.24, 2.45) is 17.6 Å². The highest BCUT2D eigenvalue weighted by Crippen LogP contribution is 2.33. The quantitative estimate of drug-likeness (QED) is 0.684. The van der Waals surface area contributed by atoms with Gasteiger partial charge in [-0.25, -0.2) is 0 Å². The molecular formula is C20H28N2O3. The monoisotopic (exact) mass is 344 g/mol. The van der Waals surface area contributed by atoms with E-state index in [1.807, 2.05) is 58.0 Å². The first-order valence-electron chi connectivity index (χ1n) is 8.82. The third-order valence-corrected chi connectivity index (χ3v) is 4.47. The lowest BCUT2D eigenvalue weighted by atomic mass is 9.95. The SMILES string of the molecule is CC(C)C[C@H](N)C(=O)N[C@@H](C(C)C)[C@H](O)c1c(-c2ccccc2)c1=O. The van der Waals surface area contributed by atoms with Gasteiger partial charge in [0.2, 0.25) is 5.91 Å². The number of nitrogens with two attached hydrogens (primary N) is 1. The van der Waals surface area contributed by atoms with E-state index in [9.17, 15) is 14.7 Å². The van der Waals surface area contributed by atoms with Crippen molar-refractivity contribution < 1.29 is 9.90 Å². The Morgan fingerprint density at radius 3 is 2.28 bits per heavy atom. The summed E-state index contributed by atoms with van der Waals surface area (Å²) in [7, 11) is 0. The fourth-order valence-corrected chi connectivity index (χ4v) is 3.03. The number of rotatable bonds is 8. The number of carbonyl (C=O) groups excluding carboxylic acids is 1. The Hall–Kier alpha value is -1.98. The second kappa shape index (κ2) is 7.93. The molecule has 5 nitrogen and oxygen atoms in total. The third kappa shape index (κ3) is 4.55. The molecule has 5 heteroatoms. The zero-order valence-corrected chi connectivity index (χ0v) is 15.3. The molecule has 0 spiro atoms. The van der Waals surface area contributed by atoms with Crippen molar-refractivity contribution in [2.45, 2.75) is 52.3 Å². The van der Waals surface area contributed by atoms with Gasteiger partial charge in [0.05, 0.1) is 12.1 Å². The number of hydrogen-bond acceptors (Lipinski definition) is 4. The number of aliphatic hydroxyl groups is 1. The summed E-state index contributed by atoms with van der Waals surface area (Å²) in [6.45, 7) is 7.80. The minimum Gasteiger partial charge on any atom is -0.386 e. The smallest absolute Gasteiger partial charge is 0.237 e. The molecule has 0 aromatic heterocycles. The molecule has 136 valence electrons. The molecule has 0 radical (unpaired) electrons. The molecule has 0 saturated heterocycles. The predicted molar refractivity (Wildman–Crippen MR) is 99.7 cm³/mol. The summed E-state index contributed by atoms with van der Waals surface area (Å²) in [6, 6.07) is 8.09. The highest BCUT2D eigenvalue weighted by atomic mass is 16.3. The van der Waals surface area contributed by atoms with Gasteiger partial charge in [0.1, 0.15) is 6.10 Å². The van der Waals surface area contributed by atoms with Crippen LogP contribution in [0.15, 0.2) is 35.1 Å². The van der Waals surface area contributed by atoms with Crippen LogP contribution in [0.5, 0.6) is 0 Å². The van der Waals surface area contributed by atoms with Crippen LogP contribution in [-0.2, 0) is 4.79 Å². The number of nitrogens with one attached hydrogen (secondary N) is 1. The minimum absolute atomic E-state index is 0.0388. The zero-order chi connectivity index (χ0) is 18.7. The predicted octanol–water partition coefficient (Wildman–Crippen LogP) is 2.14. The van der Waals surface area contributed by atoms with Gasteiger partial charge in [-0.3, -0.25) is 9.59 Å². The van der Waals surface area contributed by atoms with E-state index in [2.05, 4.69) is 5.32 Å². The Bertz CT molecular complexity index is 715. The normalized spacial score (nSPS) is 15.5. The summed E-state index contributed by atoms with van der Waals surface area (Å²) in [5, 5.41) is 13.5. The van der Waals surface area contributed by atoms with E-state index < -0.39 is 18.2 Å². The van der Waals surface area contributed by atoms with Gasteiger partial charge in [-0.05, 0) is 23.8 Å². The topological polar surface area (TPSA) is 92.4 Å². The van der Waals surface area contributed by atoms with E-state index in [1.165, 1.54) is 0 Å². The Labute approximate surface area is 148 Å². The second-order valence-corrected chi connectivity index (χ2v) is 7.44. The van der Waals surface area contributed by atoms with Crippen LogP contribution in [0.1, 0.15) is 45.8 Å². The number of hydrogen-bond donors (Lipinski definition) is 3. The van der Waals surface area contributed by atoms with Crippen molar-refractivity contribution in [2.75, 3.05) is 0 Å². The maximum Gasteiger partial charge on any atom is 0.237 e. The molecule has 0 aliphatic heterocycles. The first-order valence-corrected chi connectivity index (χ1v) is 8.82. The van der Waals surface area contributed by atoms with Crippen LogP contribution < -0.4 is 16.5 Å². The summed E-state index contributed by atoms with van der Waals surface area (Å²) in [4.78, 5) is 24.5. The second-order valence-electron chi connectivity index (χ2n) is 7.44. The highest BCUT2D eigenvalue weighted by Gasteiger charge is 2.37. The molecule has 2 aromatic rings. The molecular weight excluding hydrogens is 316 g/mol. The van der Waals surface area contributed by atoms with Gasteiger partial charge in [0.15, 0.2) is 5.43 Å².